The van der Waals surface area contributed by atoms with E-state index in [1.165, 1.54) is 25.7 Å². The molecule has 2 aliphatic rings. The van der Waals surface area contributed by atoms with Crippen LogP contribution in [0.5, 0.6) is 0 Å². The van der Waals surface area contributed by atoms with Crippen molar-refractivity contribution in [3.05, 3.63) is 0 Å². The predicted molar refractivity (Wildman–Crippen MR) is 61.5 cm³/mol. The van der Waals surface area contributed by atoms with Crippen molar-refractivity contribution in [1.29, 1.82) is 0 Å². The molecule has 86 valence electrons. The zero-order valence-electron chi connectivity index (χ0n) is 9.80. The van der Waals surface area contributed by atoms with E-state index in [9.17, 15) is 4.79 Å². The van der Waals surface area contributed by atoms with Gasteiger partial charge in [-0.2, -0.15) is 0 Å². The van der Waals surface area contributed by atoms with E-state index < -0.39 is 5.54 Å². The van der Waals surface area contributed by atoms with E-state index in [1.54, 1.807) is 0 Å². The summed E-state index contributed by atoms with van der Waals surface area (Å²) in [5.74, 6) is 1.64. The molecule has 2 atom stereocenters. The van der Waals surface area contributed by atoms with E-state index in [1.807, 2.05) is 0 Å². The van der Waals surface area contributed by atoms with Gasteiger partial charge in [-0.25, -0.2) is 0 Å². The molecular formula is C13H23NO. The fourth-order valence-electron chi connectivity index (χ4n) is 3.01. The number of carbonyl (C=O) groups excluding carboxylic acids is 1. The van der Waals surface area contributed by atoms with E-state index in [-0.39, 0.29) is 0 Å². The lowest BCUT2D eigenvalue weighted by Gasteiger charge is -2.37. The van der Waals surface area contributed by atoms with Gasteiger partial charge in [-0.1, -0.05) is 39.0 Å². The van der Waals surface area contributed by atoms with Gasteiger partial charge >= 0.3 is 0 Å². The van der Waals surface area contributed by atoms with Gasteiger partial charge in [0.15, 0.2) is 5.78 Å². The Hall–Kier alpha value is -0.370. The van der Waals surface area contributed by atoms with Crippen LogP contribution >= 0.6 is 0 Å². The van der Waals surface area contributed by atoms with Crippen LogP contribution in [0, 0.1) is 11.8 Å². The standard InChI is InChI=1S/C13H23NO/c1-10-4-3-7-13(14,9-10)12(15)8-11-5-2-6-11/h10-11H,2-9,14H2,1H3. The van der Waals surface area contributed by atoms with Gasteiger partial charge in [-0.3, -0.25) is 4.79 Å². The van der Waals surface area contributed by atoms with Gasteiger partial charge in [-0.15, -0.1) is 0 Å². The van der Waals surface area contributed by atoms with E-state index in [0.717, 1.165) is 25.7 Å². The molecular weight excluding hydrogens is 186 g/mol. The molecule has 0 radical (unpaired) electrons. The van der Waals surface area contributed by atoms with Crippen LogP contribution in [0.2, 0.25) is 0 Å². The molecule has 0 bridgehead atoms. The van der Waals surface area contributed by atoms with Crippen LogP contribution in [0.25, 0.3) is 0 Å². The van der Waals surface area contributed by atoms with E-state index in [2.05, 4.69) is 6.92 Å². The van der Waals surface area contributed by atoms with Crippen molar-refractivity contribution in [3.63, 3.8) is 0 Å². The lowest BCUT2D eigenvalue weighted by Crippen LogP contribution is -2.51. The molecule has 0 spiro atoms. The van der Waals surface area contributed by atoms with E-state index in [4.69, 9.17) is 5.73 Å². The molecule has 0 heterocycles. The summed E-state index contributed by atoms with van der Waals surface area (Å²) in [7, 11) is 0. The van der Waals surface area contributed by atoms with Crippen LogP contribution in [0.3, 0.4) is 0 Å². The quantitative estimate of drug-likeness (QED) is 0.776. The van der Waals surface area contributed by atoms with E-state index in [0.29, 0.717) is 17.6 Å². The van der Waals surface area contributed by atoms with Gasteiger partial charge in [0.1, 0.15) is 0 Å². The highest BCUT2D eigenvalue weighted by Gasteiger charge is 2.38. The molecule has 0 aromatic carbocycles. The van der Waals surface area contributed by atoms with Crippen LogP contribution in [0.15, 0.2) is 0 Å². The third-order valence-electron chi connectivity index (χ3n) is 4.29. The average Bonchev–Trinajstić information content (AvgIpc) is 2.10. The molecule has 2 nitrogen and oxygen atoms in total. The Morgan fingerprint density at radius 3 is 2.60 bits per heavy atom. The van der Waals surface area contributed by atoms with Gasteiger partial charge in [0.2, 0.25) is 0 Å². The summed E-state index contributed by atoms with van der Waals surface area (Å²) >= 11 is 0. The predicted octanol–water partition coefficient (Wildman–Crippen LogP) is 2.65. The van der Waals surface area contributed by atoms with Crippen molar-refractivity contribution in [2.24, 2.45) is 17.6 Å². The molecule has 2 N–H and O–H groups in total. The van der Waals surface area contributed by atoms with Crippen LogP contribution in [0.1, 0.15) is 58.3 Å². The summed E-state index contributed by atoms with van der Waals surface area (Å²) in [5.41, 5.74) is 5.81. The van der Waals surface area contributed by atoms with Crippen LogP contribution in [0.4, 0.5) is 0 Å². The summed E-state index contributed by atoms with van der Waals surface area (Å²) in [6.45, 7) is 2.22. The van der Waals surface area contributed by atoms with Gasteiger partial charge in [0.25, 0.3) is 0 Å². The molecule has 0 amide bonds. The maximum Gasteiger partial charge on any atom is 0.152 e. The van der Waals surface area contributed by atoms with E-state index >= 15 is 0 Å². The Labute approximate surface area is 92.6 Å². The zero-order valence-corrected chi connectivity index (χ0v) is 9.80. The first-order valence-electron chi connectivity index (χ1n) is 6.42. The molecule has 0 aromatic rings. The van der Waals surface area contributed by atoms with Crippen LogP contribution in [-0.2, 0) is 4.79 Å². The molecule has 0 saturated heterocycles. The second kappa shape index (κ2) is 4.25. The molecule has 2 heteroatoms. The highest BCUT2D eigenvalue weighted by Crippen LogP contribution is 2.36. The maximum absolute atomic E-state index is 12.1. The SMILES string of the molecule is CC1CCCC(N)(C(=O)CC2CCC2)C1. The molecule has 2 rings (SSSR count). The van der Waals surface area contributed by atoms with Gasteiger partial charge in [0, 0.05) is 6.42 Å². The number of hydrogen-bond acceptors (Lipinski definition) is 2. The van der Waals surface area contributed by atoms with Crippen molar-refractivity contribution in [1.82, 2.24) is 0 Å². The first-order chi connectivity index (χ1) is 7.10. The Morgan fingerprint density at radius 1 is 1.33 bits per heavy atom. The number of nitrogens with two attached hydrogens (primary N) is 1. The largest absolute Gasteiger partial charge is 0.319 e. The Kier molecular flexibility index (Phi) is 3.15. The second-order valence-corrected chi connectivity index (χ2v) is 5.78. The van der Waals surface area contributed by atoms with Crippen molar-refractivity contribution < 1.29 is 4.79 Å². The minimum Gasteiger partial charge on any atom is -0.319 e. The molecule has 0 aromatic heterocycles. The number of ketones is 1. The third-order valence-corrected chi connectivity index (χ3v) is 4.29. The van der Waals surface area contributed by atoms with Crippen molar-refractivity contribution in [2.45, 2.75) is 63.8 Å². The maximum atomic E-state index is 12.1. The summed E-state index contributed by atoms with van der Waals surface area (Å²) in [4.78, 5) is 12.1. The normalized spacial score (nSPS) is 37.3. The molecule has 15 heavy (non-hydrogen) atoms. The third kappa shape index (κ3) is 2.41. The molecule has 2 unspecified atom stereocenters. The lowest BCUT2D eigenvalue weighted by molar-refractivity contribution is -0.127. The topological polar surface area (TPSA) is 43.1 Å². The monoisotopic (exact) mass is 209 g/mol. The lowest BCUT2D eigenvalue weighted by atomic mass is 9.71. The van der Waals surface area contributed by atoms with Crippen LogP contribution < -0.4 is 5.73 Å². The summed E-state index contributed by atoms with van der Waals surface area (Å²) in [6, 6.07) is 0. The number of Topliss-reactive ketones (excluding diaryl/α,β-unsaturated/α-hetero) is 1. The molecule has 2 fully saturated rings. The van der Waals surface area contributed by atoms with Gasteiger partial charge < -0.3 is 5.73 Å². The molecule has 2 saturated carbocycles. The van der Waals surface area contributed by atoms with Crippen molar-refractivity contribution in [3.8, 4) is 0 Å². The smallest absolute Gasteiger partial charge is 0.152 e. The molecule has 2 aliphatic carbocycles. The van der Waals surface area contributed by atoms with Crippen molar-refractivity contribution >= 4 is 5.78 Å². The summed E-state index contributed by atoms with van der Waals surface area (Å²) in [5, 5.41) is 0. The Morgan fingerprint density at radius 2 is 2.07 bits per heavy atom. The second-order valence-electron chi connectivity index (χ2n) is 5.78. The number of carbonyl (C=O) groups is 1. The Balaban J connectivity index is 1.91. The average molecular weight is 209 g/mol. The van der Waals surface area contributed by atoms with Gasteiger partial charge in [0.05, 0.1) is 5.54 Å². The number of hydrogen-bond donors (Lipinski definition) is 1. The fraction of sp³-hybridized carbons (Fsp3) is 0.923. The molecule has 0 aliphatic heterocycles. The fourth-order valence-corrected chi connectivity index (χ4v) is 3.01. The van der Waals surface area contributed by atoms with Crippen molar-refractivity contribution in [2.75, 3.05) is 0 Å². The minimum absolute atomic E-state index is 0.346. The highest BCUT2D eigenvalue weighted by atomic mass is 16.1. The first kappa shape index (κ1) is 11.1. The Bertz CT molecular complexity index is 247. The number of rotatable bonds is 3. The van der Waals surface area contributed by atoms with Gasteiger partial charge in [-0.05, 0) is 24.7 Å². The zero-order chi connectivity index (χ0) is 10.9. The first-order valence-corrected chi connectivity index (χ1v) is 6.42. The minimum atomic E-state index is -0.465. The van der Waals surface area contributed by atoms with Crippen LogP contribution in [-0.4, -0.2) is 11.3 Å². The highest BCUT2D eigenvalue weighted by molar-refractivity contribution is 5.88. The summed E-state index contributed by atoms with van der Waals surface area (Å²) in [6.07, 6.45) is 8.77. The summed E-state index contributed by atoms with van der Waals surface area (Å²) < 4.78 is 0.